The Balaban J connectivity index is 1.40. The quantitative estimate of drug-likeness (QED) is 0.198. The molecule has 0 radical (unpaired) electrons. The summed E-state index contributed by atoms with van der Waals surface area (Å²) in [4.78, 5) is 0. The number of aromatic nitrogens is 1. The van der Waals surface area contributed by atoms with Crippen molar-refractivity contribution in [1.82, 2.24) is 4.57 Å². The molecule has 1 aromatic heterocycles. The van der Waals surface area contributed by atoms with Crippen LogP contribution in [0, 0.1) is 0 Å². The van der Waals surface area contributed by atoms with Crippen LogP contribution < -0.4 is 4.74 Å². The summed E-state index contributed by atoms with van der Waals surface area (Å²) in [5.74, 6) is -0.153. The van der Waals surface area contributed by atoms with Crippen LogP contribution in [-0.4, -0.2) is 4.57 Å². The summed E-state index contributed by atoms with van der Waals surface area (Å²) in [5, 5.41) is 1.77. The van der Waals surface area contributed by atoms with Crippen molar-refractivity contribution in [2.75, 3.05) is 0 Å². The van der Waals surface area contributed by atoms with Gasteiger partial charge in [-0.3, -0.25) is 0 Å². The summed E-state index contributed by atoms with van der Waals surface area (Å²) in [6, 6.07) is 37.4. The molecule has 1 spiro atoms. The number of nitrogens with zero attached hydrogens (tertiary/aromatic N) is 1. The van der Waals surface area contributed by atoms with E-state index in [9.17, 15) is 5.48 Å². The first-order valence-electron chi connectivity index (χ1n) is 18.5. The minimum absolute atomic E-state index is 0.0374. The van der Waals surface area contributed by atoms with E-state index in [1.807, 2.05) is 115 Å². The van der Waals surface area contributed by atoms with E-state index in [2.05, 4.69) is 10.6 Å². The van der Waals surface area contributed by atoms with Crippen molar-refractivity contribution in [3.63, 3.8) is 0 Å². The summed E-state index contributed by atoms with van der Waals surface area (Å²) in [7, 11) is 0. The SMILES string of the molecule is [2H]c1c([2H])c([2H])c2c(c1[2H])Oc1c([2H])c([2H])c(-c3cccc4c3c3ccccc3n4-c3ccccc3)c([2H])c1C21c2ccccc2-c2ccccc21. The van der Waals surface area contributed by atoms with Gasteiger partial charge in [-0.2, -0.15) is 0 Å². The standard InChI is InChI=1S/C43H27NO/c1-2-13-29(14-3-1)44-38-22-10-6-17-33(38)42-30(18-12-23-39(42)44)28-25-26-41-37(27-28)43(36-21-9-11-24-40(36)45-41)34-19-7-4-15-31(34)32-16-5-8-20-35(32)43/h1-27H/i9D,11D,21D,24D,25D,26D,27D. The first kappa shape index (κ1) is 18.7. The molecule has 45 heavy (non-hydrogen) atoms. The van der Waals surface area contributed by atoms with Gasteiger partial charge in [0, 0.05) is 27.6 Å². The zero-order valence-electron chi connectivity index (χ0n) is 30.9. The lowest BCUT2D eigenvalue weighted by Crippen LogP contribution is -2.32. The van der Waals surface area contributed by atoms with Crippen LogP contribution in [0.1, 0.15) is 31.8 Å². The first-order chi connectivity index (χ1) is 25.3. The predicted molar refractivity (Wildman–Crippen MR) is 184 cm³/mol. The zero-order chi connectivity index (χ0) is 35.6. The summed E-state index contributed by atoms with van der Waals surface area (Å²) >= 11 is 0. The molecule has 10 rings (SSSR count). The Morgan fingerprint density at radius 3 is 1.98 bits per heavy atom. The lowest BCUT2D eigenvalue weighted by atomic mass is 9.65. The van der Waals surface area contributed by atoms with E-state index in [0.717, 1.165) is 49.7 Å². The maximum absolute atomic E-state index is 10.2. The molecule has 0 unspecified atom stereocenters. The van der Waals surface area contributed by atoms with Crippen LogP contribution in [0.15, 0.2) is 164 Å². The van der Waals surface area contributed by atoms with Crippen LogP contribution in [0.4, 0.5) is 0 Å². The number of fused-ring (bicyclic) bond motifs is 12. The smallest absolute Gasteiger partial charge is 0.132 e. The zero-order valence-corrected chi connectivity index (χ0v) is 23.9. The second-order valence-corrected chi connectivity index (χ2v) is 11.5. The van der Waals surface area contributed by atoms with E-state index >= 15 is 0 Å². The van der Waals surface area contributed by atoms with Crippen LogP contribution in [0.5, 0.6) is 11.5 Å². The van der Waals surface area contributed by atoms with Crippen molar-refractivity contribution in [1.29, 1.82) is 0 Å². The number of para-hydroxylation sites is 3. The minimum atomic E-state index is -1.45. The van der Waals surface area contributed by atoms with Gasteiger partial charge >= 0.3 is 0 Å². The molecule has 2 heteroatoms. The Morgan fingerprint density at radius 1 is 0.511 bits per heavy atom. The molecule has 1 aliphatic carbocycles. The van der Waals surface area contributed by atoms with Crippen LogP contribution in [0.25, 0.3) is 49.7 Å². The van der Waals surface area contributed by atoms with Gasteiger partial charge in [-0.1, -0.05) is 121 Å². The lowest BCUT2D eigenvalue weighted by Gasteiger charge is -2.39. The van der Waals surface area contributed by atoms with Crippen LogP contribution >= 0.6 is 0 Å². The Bertz CT molecular complexity index is 2820. The molecule has 7 aromatic carbocycles. The molecule has 0 N–H and O–H groups in total. The molecule has 0 amide bonds. The molecule has 2 nitrogen and oxygen atoms in total. The molecule has 0 fully saturated rings. The van der Waals surface area contributed by atoms with E-state index in [0.29, 0.717) is 5.56 Å². The highest BCUT2D eigenvalue weighted by molar-refractivity contribution is 6.15. The summed E-state index contributed by atoms with van der Waals surface area (Å²) in [5.41, 5.74) is 5.87. The van der Waals surface area contributed by atoms with Crippen molar-refractivity contribution in [2.24, 2.45) is 0 Å². The summed E-state index contributed by atoms with van der Waals surface area (Å²) < 4.78 is 73.6. The van der Waals surface area contributed by atoms with Crippen molar-refractivity contribution in [3.8, 4) is 39.4 Å². The van der Waals surface area contributed by atoms with Gasteiger partial charge in [0.1, 0.15) is 11.5 Å². The molecule has 1 aliphatic heterocycles. The van der Waals surface area contributed by atoms with Gasteiger partial charge in [-0.05, 0) is 75.8 Å². The Labute approximate surface area is 271 Å². The van der Waals surface area contributed by atoms with Gasteiger partial charge in [-0.25, -0.2) is 0 Å². The Morgan fingerprint density at radius 2 is 1.16 bits per heavy atom. The largest absolute Gasteiger partial charge is 0.457 e. The van der Waals surface area contributed by atoms with Crippen LogP contribution in [-0.2, 0) is 5.41 Å². The number of hydrogen-bond donors (Lipinski definition) is 0. The fourth-order valence-corrected chi connectivity index (χ4v) is 7.60. The number of ether oxygens (including phenoxy) is 1. The maximum atomic E-state index is 10.2. The summed E-state index contributed by atoms with van der Waals surface area (Å²) in [6.45, 7) is 0. The van der Waals surface area contributed by atoms with Crippen molar-refractivity contribution >= 4 is 21.8 Å². The second-order valence-electron chi connectivity index (χ2n) is 11.5. The maximum Gasteiger partial charge on any atom is 0.132 e. The predicted octanol–water partition coefficient (Wildman–Crippen LogP) is 10.9. The van der Waals surface area contributed by atoms with E-state index in [1.165, 1.54) is 0 Å². The average Bonchev–Trinajstić information content (AvgIpc) is 3.67. The fourth-order valence-electron chi connectivity index (χ4n) is 7.60. The normalized spacial score (nSPS) is 15.9. The van der Waals surface area contributed by atoms with Gasteiger partial charge in [-0.15, -0.1) is 0 Å². The highest BCUT2D eigenvalue weighted by Gasteiger charge is 2.51. The third kappa shape index (κ3) is 3.18. The second kappa shape index (κ2) is 9.07. The topological polar surface area (TPSA) is 14.2 Å². The van der Waals surface area contributed by atoms with E-state index in [4.69, 9.17) is 8.85 Å². The third-order valence-corrected chi connectivity index (χ3v) is 9.32. The molecular formula is C43H27NO. The Hall–Kier alpha value is -5.86. The monoisotopic (exact) mass is 580 g/mol. The number of benzene rings is 7. The number of rotatable bonds is 2. The lowest BCUT2D eigenvalue weighted by molar-refractivity contribution is 0.436. The summed E-state index contributed by atoms with van der Waals surface area (Å²) in [6.07, 6.45) is 0. The van der Waals surface area contributed by atoms with Gasteiger partial charge < -0.3 is 9.30 Å². The molecule has 2 aliphatic rings. The number of hydrogen-bond acceptors (Lipinski definition) is 1. The molecule has 210 valence electrons. The highest BCUT2D eigenvalue weighted by atomic mass is 16.5. The highest BCUT2D eigenvalue weighted by Crippen LogP contribution is 2.62. The molecule has 0 saturated carbocycles. The molecular weight excluding hydrogens is 546 g/mol. The van der Waals surface area contributed by atoms with Crippen molar-refractivity contribution < 1.29 is 14.3 Å². The van der Waals surface area contributed by atoms with Crippen molar-refractivity contribution in [2.45, 2.75) is 5.41 Å². The van der Waals surface area contributed by atoms with E-state index < -0.39 is 17.5 Å². The van der Waals surface area contributed by atoms with Crippen LogP contribution in [0.3, 0.4) is 0 Å². The molecule has 0 atom stereocenters. The van der Waals surface area contributed by atoms with Gasteiger partial charge in [0.15, 0.2) is 0 Å². The third-order valence-electron chi connectivity index (χ3n) is 9.32. The Kier molecular flexibility index (Phi) is 3.78. The molecule has 8 aromatic rings. The fraction of sp³-hybridized carbons (Fsp3) is 0.0233. The molecule has 0 saturated heterocycles. The average molecular weight is 581 g/mol. The van der Waals surface area contributed by atoms with E-state index in [1.54, 1.807) is 0 Å². The van der Waals surface area contributed by atoms with Crippen molar-refractivity contribution in [3.05, 3.63) is 186 Å². The van der Waals surface area contributed by atoms with E-state index in [-0.39, 0.29) is 58.4 Å². The minimum Gasteiger partial charge on any atom is -0.457 e. The van der Waals surface area contributed by atoms with Gasteiger partial charge in [0.2, 0.25) is 0 Å². The first-order valence-corrected chi connectivity index (χ1v) is 15.0. The van der Waals surface area contributed by atoms with Gasteiger partial charge in [0.25, 0.3) is 0 Å². The molecule has 2 heterocycles. The van der Waals surface area contributed by atoms with Gasteiger partial charge in [0.05, 0.1) is 26.0 Å². The van der Waals surface area contributed by atoms with Crippen LogP contribution in [0.2, 0.25) is 0 Å². The molecule has 0 bridgehead atoms.